The van der Waals surface area contributed by atoms with Crippen molar-refractivity contribution in [2.45, 2.75) is 0 Å². The van der Waals surface area contributed by atoms with Crippen LogP contribution in [0.4, 0.5) is 0 Å². The topological polar surface area (TPSA) is 28.7 Å². The highest BCUT2D eigenvalue weighted by Crippen LogP contribution is 2.12. The minimum Gasteiger partial charge on any atom is -0.276 e. The Morgan fingerprint density at radius 2 is 2.18 bits per heavy atom. The van der Waals surface area contributed by atoms with Crippen LogP contribution in [0.15, 0.2) is 24.3 Å². The molecule has 0 saturated heterocycles. The molecule has 1 heterocycles. The molecule has 0 fully saturated rings. The van der Waals surface area contributed by atoms with Crippen molar-refractivity contribution in [3.63, 3.8) is 0 Å². The van der Waals surface area contributed by atoms with Gasteiger partial charge in [-0.25, -0.2) is 0 Å². The second-order valence-corrected chi connectivity index (χ2v) is 2.51. The van der Waals surface area contributed by atoms with Gasteiger partial charge >= 0.3 is 0 Å². The van der Waals surface area contributed by atoms with E-state index in [1.165, 1.54) is 0 Å². The second kappa shape index (κ2) is 2.43. The fraction of sp³-hybridized carbons (Fsp3) is 0. The molecule has 0 spiro atoms. The summed E-state index contributed by atoms with van der Waals surface area (Å²) in [6.45, 7) is 0. The minimum absolute atomic E-state index is 0.913. The molecule has 0 amide bonds. The molecule has 0 aliphatic carbocycles. The van der Waals surface area contributed by atoms with Crippen LogP contribution >= 0.6 is 12.2 Å². The summed E-state index contributed by atoms with van der Waals surface area (Å²) >= 11 is 4.80. The second-order valence-electron chi connectivity index (χ2n) is 2.27. The molecule has 3 heteroatoms. The Hall–Kier alpha value is -1.22. The molecule has 0 aliphatic heterocycles. The van der Waals surface area contributed by atoms with Crippen molar-refractivity contribution in [1.82, 2.24) is 10.2 Å². The van der Waals surface area contributed by atoms with E-state index >= 15 is 0 Å². The van der Waals surface area contributed by atoms with E-state index < -0.39 is 0 Å². The molecular weight excluding hydrogens is 156 g/mol. The normalized spacial score (nSPS) is 10.2. The fourth-order valence-electron chi connectivity index (χ4n) is 1.07. The number of hydrogen-bond donors (Lipinski definition) is 1. The first-order chi connectivity index (χ1) is 5.42. The van der Waals surface area contributed by atoms with Crippen LogP contribution in [0.5, 0.6) is 0 Å². The summed E-state index contributed by atoms with van der Waals surface area (Å²) in [5.41, 5.74) is 1.87. The Bertz CT molecular complexity index is 392. The first kappa shape index (κ1) is 6.49. The number of para-hydroxylation sites is 1. The zero-order chi connectivity index (χ0) is 7.68. The molecule has 0 unspecified atom stereocenters. The van der Waals surface area contributed by atoms with E-state index in [1.807, 2.05) is 24.3 Å². The predicted molar refractivity (Wildman–Crippen MR) is 48.9 cm³/mol. The van der Waals surface area contributed by atoms with Gasteiger partial charge in [-0.1, -0.05) is 30.4 Å². The van der Waals surface area contributed by atoms with Gasteiger partial charge in [0.15, 0.2) is 0 Å². The molecule has 0 aliphatic rings. The number of aromatic nitrogens is 2. The maximum atomic E-state index is 4.80. The van der Waals surface area contributed by atoms with Gasteiger partial charge in [-0.3, -0.25) is 5.10 Å². The number of thiocarbonyl (C=S) groups is 1. The van der Waals surface area contributed by atoms with Crippen molar-refractivity contribution in [1.29, 1.82) is 0 Å². The summed E-state index contributed by atoms with van der Waals surface area (Å²) in [5, 5.41) is 9.61. The molecule has 1 N–H and O–H groups in total. The van der Waals surface area contributed by atoms with Crippen LogP contribution in [-0.4, -0.2) is 15.6 Å². The number of hydrogen-bond acceptors (Lipinski definition) is 2. The maximum Gasteiger partial charge on any atom is 0.0927 e. The SMILES string of the molecule is S=Cc1[nH]nc2ccccc12. The molecule has 0 radical (unpaired) electrons. The van der Waals surface area contributed by atoms with E-state index in [0.29, 0.717) is 0 Å². The number of rotatable bonds is 1. The minimum atomic E-state index is 0.913. The highest BCUT2D eigenvalue weighted by atomic mass is 32.1. The van der Waals surface area contributed by atoms with Gasteiger partial charge in [0.2, 0.25) is 0 Å². The van der Waals surface area contributed by atoms with Crippen LogP contribution in [0.25, 0.3) is 10.9 Å². The van der Waals surface area contributed by atoms with E-state index in [2.05, 4.69) is 10.2 Å². The van der Waals surface area contributed by atoms with Gasteiger partial charge in [0.25, 0.3) is 0 Å². The molecular formula is C8H6N2S. The van der Waals surface area contributed by atoms with Crippen molar-refractivity contribution in [2.75, 3.05) is 0 Å². The summed E-state index contributed by atoms with van der Waals surface area (Å²) in [6.07, 6.45) is 0. The number of benzene rings is 1. The van der Waals surface area contributed by atoms with Crippen molar-refractivity contribution >= 4 is 28.5 Å². The van der Waals surface area contributed by atoms with Crippen LogP contribution in [0.1, 0.15) is 5.69 Å². The van der Waals surface area contributed by atoms with Gasteiger partial charge in [-0.2, -0.15) is 5.10 Å². The van der Waals surface area contributed by atoms with E-state index in [9.17, 15) is 0 Å². The van der Waals surface area contributed by atoms with Gasteiger partial charge in [0.1, 0.15) is 0 Å². The van der Waals surface area contributed by atoms with Gasteiger partial charge in [-0.05, 0) is 6.07 Å². The van der Waals surface area contributed by atoms with Gasteiger partial charge in [-0.15, -0.1) is 0 Å². The van der Waals surface area contributed by atoms with Crippen LogP contribution in [-0.2, 0) is 0 Å². The lowest BCUT2D eigenvalue weighted by Gasteiger charge is -1.85. The van der Waals surface area contributed by atoms with E-state index in [1.54, 1.807) is 5.37 Å². The number of aromatic amines is 1. The first-order valence-corrected chi connectivity index (χ1v) is 3.77. The first-order valence-electron chi connectivity index (χ1n) is 3.30. The lowest BCUT2D eigenvalue weighted by Crippen LogP contribution is -1.76. The largest absolute Gasteiger partial charge is 0.276 e. The molecule has 54 valence electrons. The molecule has 2 rings (SSSR count). The lowest BCUT2D eigenvalue weighted by molar-refractivity contribution is 1.11. The number of nitrogens with one attached hydrogen (secondary N) is 1. The van der Waals surface area contributed by atoms with E-state index in [0.717, 1.165) is 16.6 Å². The van der Waals surface area contributed by atoms with Crippen LogP contribution in [0.3, 0.4) is 0 Å². The summed E-state index contributed by atoms with van der Waals surface area (Å²) < 4.78 is 0. The van der Waals surface area contributed by atoms with Crippen molar-refractivity contribution in [3.05, 3.63) is 30.0 Å². The lowest BCUT2D eigenvalue weighted by atomic mass is 10.2. The third-order valence-corrected chi connectivity index (χ3v) is 1.84. The molecule has 1 aromatic heterocycles. The highest BCUT2D eigenvalue weighted by molar-refractivity contribution is 7.79. The Morgan fingerprint density at radius 3 is 3.00 bits per heavy atom. The molecule has 2 nitrogen and oxygen atoms in total. The average molecular weight is 162 g/mol. The Balaban J connectivity index is 2.86. The summed E-state index contributed by atoms with van der Waals surface area (Å²) in [4.78, 5) is 0. The highest BCUT2D eigenvalue weighted by Gasteiger charge is 1.98. The molecule has 0 saturated carbocycles. The quantitative estimate of drug-likeness (QED) is 0.649. The molecule has 11 heavy (non-hydrogen) atoms. The smallest absolute Gasteiger partial charge is 0.0927 e. The van der Waals surface area contributed by atoms with Crippen LogP contribution in [0.2, 0.25) is 0 Å². The Labute approximate surface area is 69.2 Å². The van der Waals surface area contributed by atoms with Crippen LogP contribution in [0, 0.1) is 0 Å². The maximum absolute atomic E-state index is 4.80. The van der Waals surface area contributed by atoms with E-state index in [4.69, 9.17) is 12.2 Å². The monoisotopic (exact) mass is 162 g/mol. The summed E-state index contributed by atoms with van der Waals surface area (Å²) in [6, 6.07) is 7.88. The van der Waals surface area contributed by atoms with E-state index in [-0.39, 0.29) is 0 Å². The number of nitrogens with zero attached hydrogens (tertiary/aromatic N) is 1. The Morgan fingerprint density at radius 1 is 1.36 bits per heavy atom. The standard InChI is InChI=1S/C8H6N2S/c11-5-8-6-3-1-2-4-7(6)9-10-8/h1-5H,(H,9,10). The molecule has 0 atom stereocenters. The molecule has 0 bridgehead atoms. The van der Waals surface area contributed by atoms with Gasteiger partial charge in [0.05, 0.1) is 11.2 Å². The van der Waals surface area contributed by atoms with Gasteiger partial charge in [0, 0.05) is 10.8 Å². The zero-order valence-corrected chi connectivity index (χ0v) is 6.56. The van der Waals surface area contributed by atoms with Crippen molar-refractivity contribution in [3.8, 4) is 0 Å². The average Bonchev–Trinajstić information content (AvgIpc) is 2.47. The zero-order valence-electron chi connectivity index (χ0n) is 5.74. The Kier molecular flexibility index (Phi) is 1.43. The van der Waals surface area contributed by atoms with Crippen molar-refractivity contribution < 1.29 is 0 Å². The molecule has 2 aromatic rings. The summed E-state index contributed by atoms with van der Waals surface area (Å²) in [5.74, 6) is 0. The van der Waals surface area contributed by atoms with Crippen molar-refractivity contribution in [2.24, 2.45) is 0 Å². The summed E-state index contributed by atoms with van der Waals surface area (Å²) in [7, 11) is 0. The molecule has 1 aromatic carbocycles. The third kappa shape index (κ3) is 0.935. The van der Waals surface area contributed by atoms with Gasteiger partial charge < -0.3 is 0 Å². The number of fused-ring (bicyclic) bond motifs is 1. The predicted octanol–water partition coefficient (Wildman–Crippen LogP) is 1.91. The van der Waals surface area contributed by atoms with Crippen LogP contribution < -0.4 is 0 Å². The number of H-pyrrole nitrogens is 1. The third-order valence-electron chi connectivity index (χ3n) is 1.61. The fourth-order valence-corrected chi connectivity index (χ4v) is 1.25.